The molecule has 3 aromatic rings. The third kappa shape index (κ3) is 3.37. The SMILES string of the molecule is NC(N)=NN=Cc1ccc2ccn(Cc3ccccc3F)c2c1. The van der Waals surface area contributed by atoms with Gasteiger partial charge in [0.05, 0.1) is 12.8 Å². The molecule has 4 N–H and O–H groups in total. The number of fused-ring (bicyclic) bond motifs is 1. The molecule has 0 saturated heterocycles. The predicted octanol–water partition coefficient (Wildman–Crippen LogP) is 2.44. The Morgan fingerprint density at radius 2 is 1.96 bits per heavy atom. The van der Waals surface area contributed by atoms with Crippen LogP contribution in [-0.2, 0) is 6.54 Å². The topological polar surface area (TPSA) is 81.7 Å². The number of halogens is 1. The van der Waals surface area contributed by atoms with Crippen LogP contribution in [0.2, 0.25) is 0 Å². The molecule has 3 rings (SSSR count). The largest absolute Gasteiger partial charge is 0.369 e. The summed E-state index contributed by atoms with van der Waals surface area (Å²) in [6, 6.07) is 14.6. The highest BCUT2D eigenvalue weighted by Crippen LogP contribution is 2.19. The van der Waals surface area contributed by atoms with Crippen molar-refractivity contribution in [1.82, 2.24) is 4.57 Å². The first-order valence-corrected chi connectivity index (χ1v) is 7.08. The molecule has 0 spiro atoms. The average molecular weight is 309 g/mol. The number of benzene rings is 2. The Morgan fingerprint density at radius 3 is 2.74 bits per heavy atom. The highest BCUT2D eigenvalue weighted by Gasteiger charge is 2.05. The maximum Gasteiger partial charge on any atom is 0.211 e. The zero-order chi connectivity index (χ0) is 16.2. The minimum Gasteiger partial charge on any atom is -0.369 e. The van der Waals surface area contributed by atoms with Crippen molar-refractivity contribution in [2.45, 2.75) is 6.54 Å². The number of hydrogen-bond acceptors (Lipinski definition) is 2. The molecule has 116 valence electrons. The predicted molar refractivity (Wildman–Crippen MR) is 90.8 cm³/mol. The molecule has 0 aliphatic heterocycles. The van der Waals surface area contributed by atoms with Gasteiger partial charge in [-0.3, -0.25) is 0 Å². The van der Waals surface area contributed by atoms with Gasteiger partial charge in [0.15, 0.2) is 0 Å². The molecule has 6 heteroatoms. The van der Waals surface area contributed by atoms with Crippen molar-refractivity contribution < 1.29 is 4.39 Å². The van der Waals surface area contributed by atoms with Gasteiger partial charge < -0.3 is 16.0 Å². The first kappa shape index (κ1) is 14.8. The normalized spacial score (nSPS) is 11.2. The number of nitrogens with two attached hydrogens (primary N) is 2. The van der Waals surface area contributed by atoms with E-state index in [0.29, 0.717) is 12.1 Å². The first-order valence-electron chi connectivity index (χ1n) is 7.08. The molecule has 0 amide bonds. The van der Waals surface area contributed by atoms with Gasteiger partial charge in [-0.25, -0.2) is 4.39 Å². The van der Waals surface area contributed by atoms with Crippen molar-refractivity contribution in [3.63, 3.8) is 0 Å². The van der Waals surface area contributed by atoms with E-state index in [1.54, 1.807) is 18.3 Å². The molecule has 0 aliphatic carbocycles. The zero-order valence-electron chi connectivity index (χ0n) is 12.4. The van der Waals surface area contributed by atoms with E-state index in [1.807, 2.05) is 41.1 Å². The summed E-state index contributed by atoms with van der Waals surface area (Å²) in [6.07, 6.45) is 3.51. The van der Waals surface area contributed by atoms with Crippen molar-refractivity contribution in [3.8, 4) is 0 Å². The van der Waals surface area contributed by atoms with E-state index in [-0.39, 0.29) is 11.8 Å². The summed E-state index contributed by atoms with van der Waals surface area (Å²) in [5.74, 6) is -0.301. The van der Waals surface area contributed by atoms with Gasteiger partial charge >= 0.3 is 0 Å². The van der Waals surface area contributed by atoms with Crippen LogP contribution < -0.4 is 11.5 Å². The van der Waals surface area contributed by atoms with Crippen LogP contribution in [0.15, 0.2) is 64.9 Å². The van der Waals surface area contributed by atoms with Crippen LogP contribution in [0.5, 0.6) is 0 Å². The van der Waals surface area contributed by atoms with Gasteiger partial charge in [-0.15, -0.1) is 5.10 Å². The van der Waals surface area contributed by atoms with Crippen molar-refractivity contribution in [1.29, 1.82) is 0 Å². The van der Waals surface area contributed by atoms with E-state index in [9.17, 15) is 4.39 Å². The van der Waals surface area contributed by atoms with Crippen molar-refractivity contribution >= 4 is 23.1 Å². The monoisotopic (exact) mass is 309 g/mol. The Kier molecular flexibility index (Phi) is 4.05. The molecule has 0 saturated carbocycles. The van der Waals surface area contributed by atoms with Gasteiger partial charge in [-0.1, -0.05) is 30.3 Å². The van der Waals surface area contributed by atoms with Crippen LogP contribution in [0.1, 0.15) is 11.1 Å². The van der Waals surface area contributed by atoms with Crippen LogP contribution in [0, 0.1) is 5.82 Å². The quantitative estimate of drug-likeness (QED) is 0.441. The third-order valence-electron chi connectivity index (χ3n) is 3.48. The van der Waals surface area contributed by atoms with E-state index < -0.39 is 0 Å². The Labute approximate surface area is 132 Å². The standard InChI is InChI=1S/C17H16FN5/c18-15-4-2-1-3-14(15)11-23-8-7-13-6-5-12(9-16(13)23)10-21-22-17(19)20/h1-10H,11H2,(H4,19,20,22). The van der Waals surface area contributed by atoms with Crippen molar-refractivity contribution in [2.75, 3.05) is 0 Å². The third-order valence-corrected chi connectivity index (χ3v) is 3.48. The lowest BCUT2D eigenvalue weighted by molar-refractivity contribution is 0.602. The molecule has 1 aromatic heterocycles. The molecule has 2 aromatic carbocycles. The number of hydrogen-bond donors (Lipinski definition) is 2. The van der Waals surface area contributed by atoms with Gasteiger partial charge in [0.2, 0.25) is 5.96 Å². The van der Waals surface area contributed by atoms with Crippen LogP contribution in [0.3, 0.4) is 0 Å². The van der Waals surface area contributed by atoms with Crippen molar-refractivity contribution in [2.24, 2.45) is 21.7 Å². The molecule has 23 heavy (non-hydrogen) atoms. The molecule has 0 unspecified atom stereocenters. The molecule has 1 heterocycles. The fourth-order valence-corrected chi connectivity index (χ4v) is 2.39. The summed E-state index contributed by atoms with van der Waals surface area (Å²) in [5.41, 5.74) is 12.9. The molecule has 5 nitrogen and oxygen atoms in total. The smallest absolute Gasteiger partial charge is 0.211 e. The zero-order valence-corrected chi connectivity index (χ0v) is 12.4. The molecular weight excluding hydrogens is 293 g/mol. The fourth-order valence-electron chi connectivity index (χ4n) is 2.39. The molecule has 0 fully saturated rings. The lowest BCUT2D eigenvalue weighted by Gasteiger charge is -2.07. The average Bonchev–Trinajstić information content (AvgIpc) is 2.92. The van der Waals surface area contributed by atoms with E-state index in [2.05, 4.69) is 10.2 Å². The van der Waals surface area contributed by atoms with Crippen LogP contribution in [0.4, 0.5) is 4.39 Å². The summed E-state index contributed by atoms with van der Waals surface area (Å²) >= 11 is 0. The summed E-state index contributed by atoms with van der Waals surface area (Å²) in [7, 11) is 0. The lowest BCUT2D eigenvalue weighted by atomic mass is 10.1. The summed E-state index contributed by atoms with van der Waals surface area (Å²) in [4.78, 5) is 0. The maximum absolute atomic E-state index is 13.8. The summed E-state index contributed by atoms with van der Waals surface area (Å²) in [6.45, 7) is 0.463. The highest BCUT2D eigenvalue weighted by atomic mass is 19.1. The highest BCUT2D eigenvalue weighted by molar-refractivity contribution is 5.89. The van der Waals surface area contributed by atoms with Gasteiger partial charge in [0.1, 0.15) is 5.82 Å². The molecule has 0 bridgehead atoms. The van der Waals surface area contributed by atoms with E-state index in [4.69, 9.17) is 11.5 Å². The molecule has 0 radical (unpaired) electrons. The minimum absolute atomic E-state index is 0.0924. The first-order chi connectivity index (χ1) is 11.1. The van der Waals surface area contributed by atoms with Gasteiger partial charge in [0.25, 0.3) is 0 Å². The van der Waals surface area contributed by atoms with Crippen LogP contribution >= 0.6 is 0 Å². The van der Waals surface area contributed by atoms with Gasteiger partial charge in [-0.2, -0.15) is 5.10 Å². The Hall–Kier alpha value is -3.15. The van der Waals surface area contributed by atoms with E-state index in [1.165, 1.54) is 6.07 Å². The van der Waals surface area contributed by atoms with Crippen LogP contribution in [-0.4, -0.2) is 16.7 Å². The van der Waals surface area contributed by atoms with E-state index in [0.717, 1.165) is 16.5 Å². The number of nitrogens with zero attached hydrogens (tertiary/aromatic N) is 3. The number of rotatable bonds is 4. The van der Waals surface area contributed by atoms with Crippen LogP contribution in [0.25, 0.3) is 10.9 Å². The van der Waals surface area contributed by atoms with Gasteiger partial charge in [-0.05, 0) is 29.1 Å². The fraction of sp³-hybridized carbons (Fsp3) is 0.0588. The summed E-state index contributed by atoms with van der Waals surface area (Å²) < 4.78 is 15.8. The Morgan fingerprint density at radius 1 is 1.13 bits per heavy atom. The number of aromatic nitrogens is 1. The second kappa shape index (κ2) is 6.31. The molecule has 0 aliphatic rings. The van der Waals surface area contributed by atoms with Crippen molar-refractivity contribution in [3.05, 3.63) is 71.7 Å². The summed E-state index contributed by atoms with van der Waals surface area (Å²) in [5, 5.41) is 8.45. The Balaban J connectivity index is 1.94. The molecular formula is C17H16FN5. The number of guanidine groups is 1. The molecule has 0 atom stereocenters. The minimum atomic E-state index is -0.208. The Bertz CT molecular complexity index is 891. The second-order valence-corrected chi connectivity index (χ2v) is 5.12. The van der Waals surface area contributed by atoms with Gasteiger partial charge in [0, 0.05) is 17.3 Å². The van der Waals surface area contributed by atoms with E-state index >= 15 is 0 Å². The maximum atomic E-state index is 13.8. The lowest BCUT2D eigenvalue weighted by Crippen LogP contribution is -2.21. The second-order valence-electron chi connectivity index (χ2n) is 5.12.